The van der Waals surface area contributed by atoms with Crippen molar-refractivity contribution >= 4 is 5.91 Å². The fourth-order valence-corrected chi connectivity index (χ4v) is 3.94. The van der Waals surface area contributed by atoms with Crippen LogP contribution in [0, 0.1) is 5.92 Å². The van der Waals surface area contributed by atoms with Crippen molar-refractivity contribution in [3.05, 3.63) is 0 Å². The third kappa shape index (κ3) is 3.95. The van der Waals surface area contributed by atoms with Gasteiger partial charge in [0.1, 0.15) is 0 Å². The second-order valence-electron chi connectivity index (χ2n) is 7.03. The van der Waals surface area contributed by atoms with E-state index in [1.807, 2.05) is 0 Å². The van der Waals surface area contributed by atoms with Crippen LogP contribution in [0.4, 0.5) is 0 Å². The van der Waals surface area contributed by atoms with Gasteiger partial charge in [0.25, 0.3) is 0 Å². The summed E-state index contributed by atoms with van der Waals surface area (Å²) in [5.41, 5.74) is 10.4. The summed E-state index contributed by atoms with van der Waals surface area (Å²) in [6, 6.07) is 0.831. The number of nitrogens with zero attached hydrogens (tertiary/aromatic N) is 1. The van der Waals surface area contributed by atoms with Crippen LogP contribution in [0.3, 0.4) is 0 Å². The van der Waals surface area contributed by atoms with Gasteiger partial charge in [-0.15, -0.1) is 0 Å². The van der Waals surface area contributed by atoms with Gasteiger partial charge < -0.3 is 16.4 Å². The van der Waals surface area contributed by atoms with E-state index in [-0.39, 0.29) is 5.91 Å². The Labute approximate surface area is 123 Å². The molecular formula is C16H31N3O. The zero-order valence-electron chi connectivity index (χ0n) is 12.9. The van der Waals surface area contributed by atoms with Crippen LogP contribution < -0.4 is 11.5 Å². The molecule has 4 N–H and O–H groups in total. The van der Waals surface area contributed by atoms with E-state index in [0.29, 0.717) is 6.42 Å². The topological polar surface area (TPSA) is 72.3 Å². The van der Waals surface area contributed by atoms with Gasteiger partial charge in [0.05, 0.1) is 5.54 Å². The molecule has 1 amide bonds. The van der Waals surface area contributed by atoms with Gasteiger partial charge in [-0.1, -0.05) is 12.8 Å². The molecule has 0 spiro atoms. The van der Waals surface area contributed by atoms with Crippen molar-refractivity contribution in [2.45, 2.75) is 76.3 Å². The third-order valence-corrected chi connectivity index (χ3v) is 5.31. The van der Waals surface area contributed by atoms with Crippen LogP contribution in [0.1, 0.15) is 64.7 Å². The Balaban J connectivity index is 1.69. The molecule has 1 aliphatic heterocycles. The molecule has 0 bridgehead atoms. The highest BCUT2D eigenvalue weighted by Gasteiger charge is 2.33. The first-order valence-electron chi connectivity index (χ1n) is 8.33. The minimum atomic E-state index is -0.837. The van der Waals surface area contributed by atoms with E-state index in [9.17, 15) is 4.79 Å². The zero-order chi connectivity index (χ0) is 14.6. The maximum Gasteiger partial charge on any atom is 0.237 e. The Morgan fingerprint density at radius 3 is 2.55 bits per heavy atom. The maximum absolute atomic E-state index is 11.2. The fraction of sp³-hybridized carbons (Fsp3) is 0.938. The van der Waals surface area contributed by atoms with Crippen molar-refractivity contribution in [3.63, 3.8) is 0 Å². The number of nitrogens with two attached hydrogens (primary N) is 2. The molecule has 20 heavy (non-hydrogen) atoms. The fourth-order valence-electron chi connectivity index (χ4n) is 3.94. The monoisotopic (exact) mass is 281 g/mol. The molecule has 116 valence electrons. The predicted octanol–water partition coefficient (Wildman–Crippen LogP) is 2.01. The van der Waals surface area contributed by atoms with Crippen LogP contribution in [0.25, 0.3) is 0 Å². The molecule has 2 aliphatic rings. The molecule has 1 aliphatic carbocycles. The van der Waals surface area contributed by atoms with Gasteiger partial charge in [0.15, 0.2) is 0 Å². The van der Waals surface area contributed by atoms with Crippen LogP contribution >= 0.6 is 0 Å². The summed E-state index contributed by atoms with van der Waals surface area (Å²) in [6.07, 6.45) is 11.3. The molecule has 1 saturated heterocycles. The van der Waals surface area contributed by atoms with Gasteiger partial charge in [0.2, 0.25) is 5.91 Å². The summed E-state index contributed by atoms with van der Waals surface area (Å²) in [5.74, 6) is 0.561. The standard InChI is InChI=1S/C16H31N3O/c1-16(18,15(17)20)10-4-5-11-19-12-6-9-14(19)13-7-2-3-8-13/h13-14H,2-12,18H2,1H3,(H2,17,20). The average Bonchev–Trinajstić information content (AvgIpc) is 3.04. The lowest BCUT2D eigenvalue weighted by atomic mass is 9.94. The number of carbonyl (C=O) groups is 1. The van der Waals surface area contributed by atoms with Gasteiger partial charge >= 0.3 is 0 Å². The van der Waals surface area contributed by atoms with Crippen molar-refractivity contribution in [1.29, 1.82) is 0 Å². The van der Waals surface area contributed by atoms with E-state index in [0.717, 1.165) is 31.3 Å². The minimum absolute atomic E-state index is 0.387. The van der Waals surface area contributed by atoms with E-state index < -0.39 is 5.54 Å². The molecule has 1 heterocycles. The molecule has 0 radical (unpaired) electrons. The predicted molar refractivity (Wildman–Crippen MR) is 82.2 cm³/mol. The molecule has 4 nitrogen and oxygen atoms in total. The van der Waals surface area contributed by atoms with Crippen molar-refractivity contribution in [1.82, 2.24) is 4.90 Å². The normalized spacial score (nSPS) is 27.8. The number of hydrogen-bond donors (Lipinski definition) is 2. The van der Waals surface area contributed by atoms with Crippen molar-refractivity contribution in [2.24, 2.45) is 17.4 Å². The van der Waals surface area contributed by atoms with Gasteiger partial charge in [-0.05, 0) is 70.9 Å². The number of carbonyl (C=O) groups excluding carboxylic acids is 1. The summed E-state index contributed by atoms with van der Waals surface area (Å²) < 4.78 is 0. The summed E-state index contributed by atoms with van der Waals surface area (Å²) in [7, 11) is 0. The van der Waals surface area contributed by atoms with E-state index in [1.54, 1.807) is 6.92 Å². The Kier molecular flexibility index (Phi) is 5.44. The highest BCUT2D eigenvalue weighted by Crippen LogP contribution is 2.35. The molecule has 0 aromatic heterocycles. The molecule has 0 aromatic rings. The molecule has 0 aromatic carbocycles. The van der Waals surface area contributed by atoms with Crippen LogP contribution in [0.5, 0.6) is 0 Å². The molecule has 1 saturated carbocycles. The number of likely N-dealkylation sites (tertiary alicyclic amines) is 1. The number of unbranched alkanes of at least 4 members (excludes halogenated alkanes) is 1. The van der Waals surface area contributed by atoms with Crippen molar-refractivity contribution < 1.29 is 4.79 Å². The van der Waals surface area contributed by atoms with Crippen LogP contribution in [-0.4, -0.2) is 35.5 Å². The molecule has 2 fully saturated rings. The quantitative estimate of drug-likeness (QED) is 0.701. The van der Waals surface area contributed by atoms with Gasteiger partial charge in [0, 0.05) is 6.04 Å². The Hall–Kier alpha value is -0.610. The summed E-state index contributed by atoms with van der Waals surface area (Å²) >= 11 is 0. The average molecular weight is 281 g/mol. The smallest absolute Gasteiger partial charge is 0.237 e. The number of amides is 1. The summed E-state index contributed by atoms with van der Waals surface area (Å²) in [6.45, 7) is 4.17. The number of hydrogen-bond acceptors (Lipinski definition) is 3. The van der Waals surface area contributed by atoms with Crippen molar-refractivity contribution in [3.8, 4) is 0 Å². The Morgan fingerprint density at radius 2 is 1.90 bits per heavy atom. The molecule has 4 heteroatoms. The first-order valence-corrected chi connectivity index (χ1v) is 8.33. The SMILES string of the molecule is CC(N)(CCCCN1CCCC1C1CCCC1)C(N)=O. The van der Waals surface area contributed by atoms with E-state index >= 15 is 0 Å². The lowest BCUT2D eigenvalue weighted by molar-refractivity contribution is -0.122. The molecule has 2 atom stereocenters. The Morgan fingerprint density at radius 1 is 1.20 bits per heavy atom. The molecular weight excluding hydrogens is 250 g/mol. The highest BCUT2D eigenvalue weighted by molar-refractivity contribution is 5.83. The highest BCUT2D eigenvalue weighted by atomic mass is 16.1. The van der Waals surface area contributed by atoms with E-state index in [4.69, 9.17) is 11.5 Å². The number of primary amides is 1. The van der Waals surface area contributed by atoms with Crippen LogP contribution in [0.15, 0.2) is 0 Å². The van der Waals surface area contributed by atoms with E-state index in [2.05, 4.69) is 4.90 Å². The maximum atomic E-state index is 11.2. The summed E-state index contributed by atoms with van der Waals surface area (Å²) in [5, 5.41) is 0. The third-order valence-electron chi connectivity index (χ3n) is 5.31. The zero-order valence-corrected chi connectivity index (χ0v) is 12.9. The van der Waals surface area contributed by atoms with E-state index in [1.165, 1.54) is 45.1 Å². The first kappa shape index (κ1) is 15.8. The number of rotatable bonds is 7. The lowest BCUT2D eigenvalue weighted by Gasteiger charge is -2.29. The second kappa shape index (κ2) is 6.90. The lowest BCUT2D eigenvalue weighted by Crippen LogP contribution is -2.49. The Bertz CT molecular complexity index is 324. The molecule has 2 unspecified atom stereocenters. The van der Waals surface area contributed by atoms with Gasteiger partial charge in [-0.3, -0.25) is 4.79 Å². The second-order valence-corrected chi connectivity index (χ2v) is 7.03. The first-order chi connectivity index (χ1) is 9.50. The van der Waals surface area contributed by atoms with Crippen LogP contribution in [0.2, 0.25) is 0 Å². The summed E-state index contributed by atoms with van der Waals surface area (Å²) in [4.78, 5) is 13.9. The molecule has 2 rings (SSSR count). The van der Waals surface area contributed by atoms with Crippen molar-refractivity contribution in [2.75, 3.05) is 13.1 Å². The minimum Gasteiger partial charge on any atom is -0.368 e. The van der Waals surface area contributed by atoms with Crippen LogP contribution in [-0.2, 0) is 4.79 Å². The van der Waals surface area contributed by atoms with Gasteiger partial charge in [-0.25, -0.2) is 0 Å². The largest absolute Gasteiger partial charge is 0.368 e. The van der Waals surface area contributed by atoms with Gasteiger partial charge in [-0.2, -0.15) is 0 Å².